The summed E-state index contributed by atoms with van der Waals surface area (Å²) in [5.41, 5.74) is 4.55. The number of hydrogen-bond acceptors (Lipinski definition) is 5. The van der Waals surface area contributed by atoms with Crippen LogP contribution in [0.25, 0.3) is 0 Å². The van der Waals surface area contributed by atoms with Crippen molar-refractivity contribution in [3.63, 3.8) is 0 Å². The zero-order chi connectivity index (χ0) is 19.3. The number of primary amides is 1. The van der Waals surface area contributed by atoms with E-state index in [1.807, 2.05) is 6.07 Å². The average Bonchev–Trinajstić information content (AvgIpc) is 3.35. The van der Waals surface area contributed by atoms with Gasteiger partial charge in [0.25, 0.3) is 5.91 Å². The van der Waals surface area contributed by atoms with Gasteiger partial charge in [0.15, 0.2) is 0 Å². The highest BCUT2D eigenvalue weighted by atomic mass is 32.1. The van der Waals surface area contributed by atoms with Crippen LogP contribution >= 0.6 is 11.3 Å². The Balaban J connectivity index is 1.73. The van der Waals surface area contributed by atoms with Crippen molar-refractivity contribution in [2.45, 2.75) is 63.5 Å². The minimum atomic E-state index is -0.805. The van der Waals surface area contributed by atoms with Gasteiger partial charge in [-0.1, -0.05) is 32.1 Å². The third-order valence-corrected chi connectivity index (χ3v) is 6.95. The van der Waals surface area contributed by atoms with Crippen molar-refractivity contribution < 1.29 is 9.59 Å². The molecule has 1 atom stereocenters. The first-order valence-electron chi connectivity index (χ1n) is 9.85. The summed E-state index contributed by atoms with van der Waals surface area (Å²) >= 11 is 1.30. The van der Waals surface area contributed by atoms with E-state index in [0.717, 1.165) is 17.8 Å². The number of hydrogen-bond donors (Lipinski definition) is 2. The number of rotatable bonds is 7. The molecule has 6 nitrogen and oxygen atoms in total. The lowest BCUT2D eigenvalue weighted by Gasteiger charge is -2.35. The zero-order valence-corrected chi connectivity index (χ0v) is 16.5. The number of nitriles is 1. The van der Waals surface area contributed by atoms with Crippen molar-refractivity contribution in [3.8, 4) is 6.07 Å². The summed E-state index contributed by atoms with van der Waals surface area (Å²) in [7, 11) is 0. The molecule has 1 saturated heterocycles. The monoisotopic (exact) mass is 388 g/mol. The molecule has 146 valence electrons. The fourth-order valence-corrected chi connectivity index (χ4v) is 5.08. The molecular weight excluding hydrogens is 360 g/mol. The topological polar surface area (TPSA) is 99.2 Å². The molecule has 27 heavy (non-hydrogen) atoms. The van der Waals surface area contributed by atoms with Crippen LogP contribution in [0.1, 0.15) is 65.9 Å². The Morgan fingerprint density at radius 2 is 2.11 bits per heavy atom. The van der Waals surface area contributed by atoms with Gasteiger partial charge in [-0.3, -0.25) is 9.59 Å². The van der Waals surface area contributed by atoms with E-state index < -0.39 is 11.4 Å². The maximum absolute atomic E-state index is 13.1. The standard InChI is InChI=1S/C20H28N4O2S/c21-13-20(10-11-23-14-20)24(12-16-7-8-17(27-16)19(22)26)18(25)9-6-15-4-2-1-3-5-15/h7-8,15,23H,1-6,9-12,14H2,(H2,22,26). The molecule has 2 heterocycles. The molecule has 3 rings (SSSR count). The summed E-state index contributed by atoms with van der Waals surface area (Å²) in [4.78, 5) is 27.6. The Morgan fingerprint density at radius 1 is 1.33 bits per heavy atom. The van der Waals surface area contributed by atoms with E-state index in [2.05, 4.69) is 11.4 Å². The molecule has 2 amide bonds. The predicted octanol–water partition coefficient (Wildman–Crippen LogP) is 2.79. The maximum atomic E-state index is 13.1. The van der Waals surface area contributed by atoms with E-state index >= 15 is 0 Å². The van der Waals surface area contributed by atoms with Gasteiger partial charge in [-0.05, 0) is 37.4 Å². The normalized spacial score (nSPS) is 23.1. The van der Waals surface area contributed by atoms with E-state index in [9.17, 15) is 14.9 Å². The summed E-state index contributed by atoms with van der Waals surface area (Å²) in [5, 5.41) is 13.1. The summed E-state index contributed by atoms with van der Waals surface area (Å²) in [6.45, 7) is 1.58. The van der Waals surface area contributed by atoms with Gasteiger partial charge in [0.05, 0.1) is 17.5 Å². The van der Waals surface area contributed by atoms with Crippen LogP contribution in [0.2, 0.25) is 0 Å². The molecule has 1 saturated carbocycles. The number of amides is 2. The van der Waals surface area contributed by atoms with Crippen molar-refractivity contribution in [3.05, 3.63) is 21.9 Å². The molecule has 0 bridgehead atoms. The van der Waals surface area contributed by atoms with Crippen molar-refractivity contribution in [2.75, 3.05) is 13.1 Å². The largest absolute Gasteiger partial charge is 0.365 e. The van der Waals surface area contributed by atoms with Gasteiger partial charge in [0, 0.05) is 17.8 Å². The Labute approximate surface area is 164 Å². The van der Waals surface area contributed by atoms with E-state index in [1.54, 1.807) is 11.0 Å². The van der Waals surface area contributed by atoms with Gasteiger partial charge in [-0.15, -0.1) is 11.3 Å². The Kier molecular flexibility index (Phi) is 6.51. The number of carbonyl (C=O) groups excluding carboxylic acids is 2. The summed E-state index contributed by atoms with van der Waals surface area (Å²) in [5.74, 6) is 0.214. The lowest BCUT2D eigenvalue weighted by atomic mass is 9.86. The van der Waals surface area contributed by atoms with Crippen LogP contribution in [0.3, 0.4) is 0 Å². The van der Waals surface area contributed by atoms with Crippen molar-refractivity contribution in [2.24, 2.45) is 11.7 Å². The van der Waals surface area contributed by atoms with Crippen LogP contribution in [0.15, 0.2) is 12.1 Å². The van der Waals surface area contributed by atoms with Gasteiger partial charge in [0.1, 0.15) is 5.54 Å². The molecule has 0 spiro atoms. The van der Waals surface area contributed by atoms with E-state index in [0.29, 0.717) is 36.7 Å². The van der Waals surface area contributed by atoms with Crippen LogP contribution in [-0.4, -0.2) is 35.3 Å². The smallest absolute Gasteiger partial charge is 0.258 e. The highest BCUT2D eigenvalue weighted by molar-refractivity contribution is 7.14. The number of carbonyl (C=O) groups is 2. The molecule has 1 unspecified atom stereocenters. The van der Waals surface area contributed by atoms with Gasteiger partial charge < -0.3 is 16.0 Å². The fraction of sp³-hybridized carbons (Fsp3) is 0.650. The SMILES string of the molecule is N#CC1(N(Cc2ccc(C(N)=O)s2)C(=O)CCC2CCCCC2)CCNC1. The maximum Gasteiger partial charge on any atom is 0.258 e. The number of thiophene rings is 1. The van der Waals surface area contributed by atoms with Crippen molar-refractivity contribution >= 4 is 23.2 Å². The summed E-state index contributed by atoms with van der Waals surface area (Å²) in [6, 6.07) is 5.93. The zero-order valence-electron chi connectivity index (χ0n) is 15.7. The summed E-state index contributed by atoms with van der Waals surface area (Å²) < 4.78 is 0. The fourth-order valence-electron chi connectivity index (χ4n) is 4.23. The first-order chi connectivity index (χ1) is 13.0. The first kappa shape index (κ1) is 19.8. The lowest BCUT2D eigenvalue weighted by Crippen LogP contribution is -2.51. The third kappa shape index (κ3) is 4.69. The number of nitrogens with two attached hydrogens (primary N) is 1. The van der Waals surface area contributed by atoms with Crippen LogP contribution in [0.5, 0.6) is 0 Å². The van der Waals surface area contributed by atoms with Gasteiger partial charge in [0.2, 0.25) is 5.91 Å². The lowest BCUT2D eigenvalue weighted by molar-refractivity contribution is -0.136. The number of nitrogens with one attached hydrogen (secondary N) is 1. The van der Waals surface area contributed by atoms with Crippen molar-refractivity contribution in [1.29, 1.82) is 5.26 Å². The molecule has 0 radical (unpaired) electrons. The minimum absolute atomic E-state index is 0.0415. The molecule has 2 aliphatic rings. The average molecular weight is 389 g/mol. The molecule has 0 aromatic carbocycles. The van der Waals surface area contributed by atoms with Gasteiger partial charge >= 0.3 is 0 Å². The third-order valence-electron chi connectivity index (χ3n) is 5.87. The highest BCUT2D eigenvalue weighted by Gasteiger charge is 2.42. The Hall–Kier alpha value is -1.91. The van der Waals surface area contributed by atoms with E-state index in [-0.39, 0.29) is 5.91 Å². The quantitative estimate of drug-likeness (QED) is 0.750. The second-order valence-electron chi connectivity index (χ2n) is 7.72. The van der Waals surface area contributed by atoms with Crippen LogP contribution in [-0.2, 0) is 11.3 Å². The second-order valence-corrected chi connectivity index (χ2v) is 8.89. The molecule has 1 aliphatic carbocycles. The number of nitrogens with zero attached hydrogens (tertiary/aromatic N) is 2. The van der Waals surface area contributed by atoms with Crippen LogP contribution in [0, 0.1) is 17.2 Å². The molecule has 1 aromatic rings. The molecular formula is C20H28N4O2S. The van der Waals surface area contributed by atoms with Crippen LogP contribution in [0.4, 0.5) is 0 Å². The molecule has 3 N–H and O–H groups in total. The van der Waals surface area contributed by atoms with E-state index in [1.165, 1.54) is 43.4 Å². The Morgan fingerprint density at radius 3 is 2.70 bits per heavy atom. The second kappa shape index (κ2) is 8.85. The molecule has 7 heteroatoms. The van der Waals surface area contributed by atoms with E-state index in [4.69, 9.17) is 5.73 Å². The predicted molar refractivity (Wildman–Crippen MR) is 105 cm³/mol. The minimum Gasteiger partial charge on any atom is -0.365 e. The summed E-state index contributed by atoms with van der Waals surface area (Å²) in [6.07, 6.45) is 8.28. The highest BCUT2D eigenvalue weighted by Crippen LogP contribution is 2.31. The van der Waals surface area contributed by atoms with Crippen molar-refractivity contribution in [1.82, 2.24) is 10.2 Å². The van der Waals surface area contributed by atoms with Gasteiger partial charge in [-0.25, -0.2) is 0 Å². The molecule has 2 fully saturated rings. The first-order valence-corrected chi connectivity index (χ1v) is 10.7. The molecule has 1 aliphatic heterocycles. The Bertz CT molecular complexity index is 712. The van der Waals surface area contributed by atoms with Gasteiger partial charge in [-0.2, -0.15) is 5.26 Å². The van der Waals surface area contributed by atoms with Crippen LogP contribution < -0.4 is 11.1 Å². The molecule has 1 aromatic heterocycles.